The van der Waals surface area contributed by atoms with Crippen LogP contribution >= 0.6 is 11.6 Å². The van der Waals surface area contributed by atoms with Crippen LogP contribution in [0.1, 0.15) is 44.3 Å². The van der Waals surface area contributed by atoms with Gasteiger partial charge in [-0.1, -0.05) is 11.6 Å². The minimum atomic E-state index is -0.103. The van der Waals surface area contributed by atoms with Crippen LogP contribution in [0.5, 0.6) is 0 Å². The molecule has 2 saturated heterocycles. The van der Waals surface area contributed by atoms with Crippen molar-refractivity contribution in [2.45, 2.75) is 45.1 Å². The molecule has 0 bridgehead atoms. The van der Waals surface area contributed by atoms with E-state index in [0.29, 0.717) is 17.0 Å². The molecule has 0 atom stereocenters. The number of piperidine rings is 1. The number of nitrogens with zero attached hydrogens (tertiary/aromatic N) is 3. The molecular weight excluding hydrogens is 360 g/mol. The Bertz CT molecular complexity index is 823. The van der Waals surface area contributed by atoms with Crippen LogP contribution < -0.4 is 5.56 Å². The molecule has 2 aliphatic heterocycles. The zero-order valence-electron chi connectivity index (χ0n) is 15.9. The van der Waals surface area contributed by atoms with E-state index in [4.69, 9.17) is 11.6 Å². The summed E-state index contributed by atoms with van der Waals surface area (Å²) in [6, 6.07) is 5.29. The summed E-state index contributed by atoms with van der Waals surface area (Å²) in [5.74, 6) is 1.61. The first-order chi connectivity index (χ1) is 13.2. The van der Waals surface area contributed by atoms with Crippen molar-refractivity contribution < 1.29 is 0 Å². The number of aromatic nitrogens is 2. The van der Waals surface area contributed by atoms with Gasteiger partial charge in [-0.3, -0.25) is 9.69 Å². The maximum Gasteiger partial charge on any atom is 0.258 e. The first-order valence-electron chi connectivity index (χ1n) is 10.3. The quantitative estimate of drug-likeness (QED) is 0.820. The van der Waals surface area contributed by atoms with Crippen molar-refractivity contribution in [3.63, 3.8) is 0 Å². The van der Waals surface area contributed by atoms with Gasteiger partial charge >= 0.3 is 0 Å². The molecule has 1 aromatic carbocycles. The zero-order valence-corrected chi connectivity index (χ0v) is 16.7. The predicted molar refractivity (Wildman–Crippen MR) is 110 cm³/mol. The summed E-state index contributed by atoms with van der Waals surface area (Å²) in [6.07, 6.45) is 7.98. The number of nitrogens with one attached hydrogen (secondary N) is 1. The van der Waals surface area contributed by atoms with E-state index in [1.54, 1.807) is 12.1 Å². The maximum atomic E-state index is 12.3. The molecule has 0 aliphatic carbocycles. The van der Waals surface area contributed by atoms with Gasteiger partial charge in [-0.15, -0.1) is 0 Å². The molecule has 1 N–H and O–H groups in total. The molecule has 0 unspecified atom stereocenters. The van der Waals surface area contributed by atoms with Gasteiger partial charge in [0.15, 0.2) is 0 Å². The van der Waals surface area contributed by atoms with Crippen molar-refractivity contribution in [3.05, 3.63) is 39.4 Å². The van der Waals surface area contributed by atoms with E-state index < -0.39 is 0 Å². The molecule has 0 amide bonds. The van der Waals surface area contributed by atoms with Gasteiger partial charge in [-0.25, -0.2) is 4.98 Å². The van der Waals surface area contributed by atoms with Crippen molar-refractivity contribution in [3.8, 4) is 0 Å². The van der Waals surface area contributed by atoms with Crippen molar-refractivity contribution in [2.24, 2.45) is 5.92 Å². The third-order valence-corrected chi connectivity index (χ3v) is 6.32. The first kappa shape index (κ1) is 18.9. The topological polar surface area (TPSA) is 52.2 Å². The molecule has 0 spiro atoms. The molecule has 5 nitrogen and oxygen atoms in total. The van der Waals surface area contributed by atoms with Gasteiger partial charge in [0, 0.05) is 5.02 Å². The van der Waals surface area contributed by atoms with Gasteiger partial charge in [-0.2, -0.15) is 0 Å². The van der Waals surface area contributed by atoms with Gasteiger partial charge in [-0.05, 0) is 95.4 Å². The van der Waals surface area contributed by atoms with Crippen LogP contribution in [0.2, 0.25) is 5.02 Å². The summed E-state index contributed by atoms with van der Waals surface area (Å²) >= 11 is 5.98. The first-order valence-corrected chi connectivity index (χ1v) is 10.7. The Kier molecular flexibility index (Phi) is 6.11. The smallest absolute Gasteiger partial charge is 0.258 e. The summed E-state index contributed by atoms with van der Waals surface area (Å²) in [7, 11) is 0. The van der Waals surface area contributed by atoms with Gasteiger partial charge < -0.3 is 9.88 Å². The Morgan fingerprint density at radius 2 is 1.89 bits per heavy atom. The zero-order chi connectivity index (χ0) is 18.6. The van der Waals surface area contributed by atoms with E-state index in [0.717, 1.165) is 30.3 Å². The molecular formula is C21H29ClN4O. The van der Waals surface area contributed by atoms with E-state index in [2.05, 4.69) is 19.8 Å². The van der Waals surface area contributed by atoms with Crippen molar-refractivity contribution in [1.82, 2.24) is 19.8 Å². The van der Waals surface area contributed by atoms with Crippen LogP contribution in [0.3, 0.4) is 0 Å². The lowest BCUT2D eigenvalue weighted by atomic mass is 9.92. The highest BCUT2D eigenvalue weighted by Gasteiger charge is 2.20. The van der Waals surface area contributed by atoms with Crippen LogP contribution in [0.4, 0.5) is 0 Å². The highest BCUT2D eigenvalue weighted by atomic mass is 35.5. The Balaban J connectivity index is 1.27. The summed E-state index contributed by atoms with van der Waals surface area (Å²) in [5.41, 5.74) is 0.615. The van der Waals surface area contributed by atoms with Crippen LogP contribution in [0, 0.1) is 5.92 Å². The molecule has 146 valence electrons. The SMILES string of the molecule is O=c1[nH]c(CN2CCC(CCCN3CCCC3)CC2)nc2ccc(Cl)cc12. The normalized spacial score (nSPS) is 19.9. The number of hydrogen-bond donors (Lipinski definition) is 1. The highest BCUT2D eigenvalue weighted by Crippen LogP contribution is 2.23. The summed E-state index contributed by atoms with van der Waals surface area (Å²) in [5, 5.41) is 1.12. The van der Waals surface area contributed by atoms with E-state index >= 15 is 0 Å². The fraction of sp³-hybridized carbons (Fsp3) is 0.619. The third kappa shape index (κ3) is 4.89. The van der Waals surface area contributed by atoms with E-state index in [-0.39, 0.29) is 5.56 Å². The molecule has 2 aliphatic rings. The lowest BCUT2D eigenvalue weighted by Crippen LogP contribution is -2.34. The number of benzene rings is 1. The van der Waals surface area contributed by atoms with E-state index in [1.807, 2.05) is 6.07 Å². The Morgan fingerprint density at radius 3 is 2.67 bits per heavy atom. The molecule has 0 saturated carbocycles. The van der Waals surface area contributed by atoms with Crippen molar-refractivity contribution in [2.75, 3.05) is 32.7 Å². The maximum absolute atomic E-state index is 12.3. The summed E-state index contributed by atoms with van der Waals surface area (Å²) in [4.78, 5) is 24.9. The lowest BCUT2D eigenvalue weighted by Gasteiger charge is -2.31. The molecule has 3 heterocycles. The number of likely N-dealkylation sites (tertiary alicyclic amines) is 2. The number of halogens is 1. The number of aromatic amines is 1. The summed E-state index contributed by atoms with van der Waals surface area (Å²) in [6.45, 7) is 6.80. The van der Waals surface area contributed by atoms with Gasteiger partial charge in [0.2, 0.25) is 0 Å². The molecule has 2 aromatic rings. The molecule has 1 aromatic heterocycles. The second kappa shape index (κ2) is 8.72. The molecule has 4 rings (SSSR count). The van der Waals surface area contributed by atoms with Crippen LogP contribution in [0.25, 0.3) is 10.9 Å². The Hall–Kier alpha value is -1.43. The molecule has 2 fully saturated rings. The second-order valence-corrected chi connectivity index (χ2v) is 8.52. The third-order valence-electron chi connectivity index (χ3n) is 6.08. The average molecular weight is 389 g/mol. The Morgan fingerprint density at radius 1 is 1.11 bits per heavy atom. The fourth-order valence-corrected chi connectivity index (χ4v) is 4.66. The van der Waals surface area contributed by atoms with Gasteiger partial charge in [0.25, 0.3) is 5.56 Å². The van der Waals surface area contributed by atoms with Crippen LogP contribution in [-0.4, -0.2) is 52.5 Å². The van der Waals surface area contributed by atoms with Crippen LogP contribution in [0.15, 0.2) is 23.0 Å². The number of hydrogen-bond acceptors (Lipinski definition) is 4. The number of fused-ring (bicyclic) bond motifs is 1. The standard InChI is InChI=1S/C21H29ClN4O/c22-17-5-6-19-18(14-17)21(27)24-20(23-19)15-26-12-7-16(8-13-26)4-3-11-25-9-1-2-10-25/h5-6,14,16H,1-4,7-13,15H2,(H,23,24,27). The minimum absolute atomic E-state index is 0.103. The van der Waals surface area contributed by atoms with E-state index in [1.165, 1.54) is 58.2 Å². The summed E-state index contributed by atoms with van der Waals surface area (Å²) < 4.78 is 0. The average Bonchev–Trinajstić information content (AvgIpc) is 3.17. The Labute approximate surface area is 165 Å². The lowest BCUT2D eigenvalue weighted by molar-refractivity contribution is 0.164. The highest BCUT2D eigenvalue weighted by molar-refractivity contribution is 6.31. The predicted octanol–water partition coefficient (Wildman–Crippen LogP) is 3.66. The fourth-order valence-electron chi connectivity index (χ4n) is 4.49. The van der Waals surface area contributed by atoms with Crippen molar-refractivity contribution >= 4 is 22.5 Å². The van der Waals surface area contributed by atoms with Gasteiger partial charge in [0.05, 0.1) is 17.4 Å². The minimum Gasteiger partial charge on any atom is -0.309 e. The van der Waals surface area contributed by atoms with Crippen LogP contribution in [-0.2, 0) is 6.54 Å². The number of rotatable bonds is 6. The molecule has 6 heteroatoms. The monoisotopic (exact) mass is 388 g/mol. The van der Waals surface area contributed by atoms with E-state index in [9.17, 15) is 4.79 Å². The largest absolute Gasteiger partial charge is 0.309 e. The second-order valence-electron chi connectivity index (χ2n) is 8.08. The molecule has 0 radical (unpaired) electrons. The van der Waals surface area contributed by atoms with Gasteiger partial charge in [0.1, 0.15) is 5.82 Å². The molecule has 27 heavy (non-hydrogen) atoms. The van der Waals surface area contributed by atoms with Crippen molar-refractivity contribution in [1.29, 1.82) is 0 Å². The number of H-pyrrole nitrogens is 1.